The van der Waals surface area contributed by atoms with Crippen LogP contribution in [0.15, 0.2) is 31.1 Å². The van der Waals surface area contributed by atoms with E-state index in [2.05, 4.69) is 21.8 Å². The van der Waals surface area contributed by atoms with Gasteiger partial charge in [-0.15, -0.1) is 6.58 Å². The molecule has 2 heterocycles. The molecule has 2 rings (SSSR count). The van der Waals surface area contributed by atoms with Crippen LogP contribution in [0, 0.1) is 0 Å². The van der Waals surface area contributed by atoms with Crippen molar-refractivity contribution in [2.24, 2.45) is 0 Å². The van der Waals surface area contributed by atoms with E-state index in [0.717, 1.165) is 44.0 Å². The van der Waals surface area contributed by atoms with E-state index in [-0.39, 0.29) is 0 Å². The van der Waals surface area contributed by atoms with Gasteiger partial charge in [0.1, 0.15) is 0 Å². The van der Waals surface area contributed by atoms with Gasteiger partial charge in [-0.1, -0.05) is 17.7 Å². The largest absolute Gasteiger partial charge is 0.314 e. The van der Waals surface area contributed by atoms with E-state index < -0.39 is 0 Å². The molecule has 0 aliphatic carbocycles. The van der Waals surface area contributed by atoms with Gasteiger partial charge >= 0.3 is 0 Å². The fraction of sp³-hybridized carbons (Fsp3) is 0.500. The predicted molar refractivity (Wildman–Crippen MR) is 75.9 cm³/mol. The van der Waals surface area contributed by atoms with Crippen LogP contribution in [0.3, 0.4) is 0 Å². The molecule has 0 bridgehead atoms. The third-order valence-corrected chi connectivity index (χ3v) is 3.72. The van der Waals surface area contributed by atoms with Crippen LogP contribution < -0.4 is 5.32 Å². The van der Waals surface area contributed by atoms with Crippen molar-refractivity contribution >= 4 is 11.6 Å². The smallest absolute Gasteiger partial charge is 0.0637 e. The number of aromatic nitrogens is 1. The van der Waals surface area contributed by atoms with Crippen molar-refractivity contribution in [3.8, 4) is 0 Å². The summed E-state index contributed by atoms with van der Waals surface area (Å²) in [7, 11) is 0. The minimum Gasteiger partial charge on any atom is -0.314 e. The van der Waals surface area contributed by atoms with E-state index in [1.165, 1.54) is 5.56 Å². The molecule has 1 aromatic rings. The minimum atomic E-state index is 0.376. The van der Waals surface area contributed by atoms with Gasteiger partial charge in [0.05, 0.1) is 5.02 Å². The Kier molecular flexibility index (Phi) is 5.17. The molecule has 18 heavy (non-hydrogen) atoms. The molecular weight excluding hydrogens is 246 g/mol. The average Bonchev–Trinajstić information content (AvgIpc) is 2.42. The lowest BCUT2D eigenvalue weighted by atomic mass is 10.0. The molecule has 0 saturated carbocycles. The van der Waals surface area contributed by atoms with Crippen LogP contribution in [0.5, 0.6) is 0 Å². The van der Waals surface area contributed by atoms with E-state index in [9.17, 15) is 0 Å². The summed E-state index contributed by atoms with van der Waals surface area (Å²) in [4.78, 5) is 6.57. The summed E-state index contributed by atoms with van der Waals surface area (Å²) >= 11 is 6.29. The first-order chi connectivity index (χ1) is 8.83. The monoisotopic (exact) mass is 265 g/mol. The molecule has 3 nitrogen and oxygen atoms in total. The molecule has 1 saturated heterocycles. The van der Waals surface area contributed by atoms with Crippen molar-refractivity contribution in [2.75, 3.05) is 26.2 Å². The Bertz CT molecular complexity index is 388. The summed E-state index contributed by atoms with van der Waals surface area (Å²) in [6.07, 6.45) is 7.61. The number of pyridine rings is 1. The normalized spacial score (nSPS) is 18.5. The molecule has 1 fully saturated rings. The summed E-state index contributed by atoms with van der Waals surface area (Å²) in [5.74, 6) is 0. The van der Waals surface area contributed by atoms with Crippen LogP contribution in [0.1, 0.15) is 24.4 Å². The Morgan fingerprint density at radius 2 is 2.28 bits per heavy atom. The second kappa shape index (κ2) is 6.88. The van der Waals surface area contributed by atoms with Gasteiger partial charge in [-0.25, -0.2) is 0 Å². The Morgan fingerprint density at radius 1 is 1.50 bits per heavy atom. The zero-order chi connectivity index (χ0) is 12.8. The van der Waals surface area contributed by atoms with Gasteiger partial charge in [-0.2, -0.15) is 0 Å². The molecule has 4 heteroatoms. The number of rotatable bonds is 5. The number of halogens is 1. The summed E-state index contributed by atoms with van der Waals surface area (Å²) in [5.41, 5.74) is 1.19. The standard InChI is InChI=1S/C14H20ClN3/c1-2-3-4-14(18-9-7-16-8-10-18)12-5-6-17-11-13(12)15/h2,5-6,11,14,16H,1,3-4,7-10H2/t14-/m1/s1. The molecule has 0 aromatic carbocycles. The number of hydrogen-bond donors (Lipinski definition) is 1. The van der Waals surface area contributed by atoms with E-state index in [1.54, 1.807) is 6.20 Å². The van der Waals surface area contributed by atoms with Crippen molar-refractivity contribution in [1.29, 1.82) is 0 Å². The van der Waals surface area contributed by atoms with Gasteiger partial charge in [0.15, 0.2) is 0 Å². The van der Waals surface area contributed by atoms with Crippen molar-refractivity contribution in [1.82, 2.24) is 15.2 Å². The summed E-state index contributed by atoms with van der Waals surface area (Å²) in [6, 6.07) is 2.42. The zero-order valence-electron chi connectivity index (χ0n) is 10.6. The Morgan fingerprint density at radius 3 is 2.94 bits per heavy atom. The van der Waals surface area contributed by atoms with Crippen molar-refractivity contribution in [3.63, 3.8) is 0 Å². The van der Waals surface area contributed by atoms with Crippen LogP contribution in [-0.2, 0) is 0 Å². The first kappa shape index (κ1) is 13.5. The van der Waals surface area contributed by atoms with Crippen molar-refractivity contribution in [2.45, 2.75) is 18.9 Å². The molecule has 98 valence electrons. The Hall–Kier alpha value is -0.900. The van der Waals surface area contributed by atoms with Crippen LogP contribution in [0.2, 0.25) is 5.02 Å². The molecule has 0 radical (unpaired) electrons. The Labute approximate surface area is 114 Å². The molecule has 1 N–H and O–H groups in total. The van der Waals surface area contributed by atoms with E-state index in [4.69, 9.17) is 11.6 Å². The number of nitrogens with zero attached hydrogens (tertiary/aromatic N) is 2. The maximum atomic E-state index is 6.29. The molecule has 0 spiro atoms. The number of hydrogen-bond acceptors (Lipinski definition) is 3. The topological polar surface area (TPSA) is 28.2 Å². The second-order valence-corrected chi connectivity index (χ2v) is 4.97. The lowest BCUT2D eigenvalue weighted by Crippen LogP contribution is -2.45. The summed E-state index contributed by atoms with van der Waals surface area (Å²) in [6.45, 7) is 8.06. The number of nitrogens with one attached hydrogen (secondary N) is 1. The van der Waals surface area contributed by atoms with Crippen molar-refractivity contribution < 1.29 is 0 Å². The van der Waals surface area contributed by atoms with Gasteiger partial charge < -0.3 is 5.32 Å². The van der Waals surface area contributed by atoms with E-state index in [0.29, 0.717) is 6.04 Å². The van der Waals surface area contributed by atoms with Crippen LogP contribution in [0.25, 0.3) is 0 Å². The minimum absolute atomic E-state index is 0.376. The molecule has 1 aromatic heterocycles. The average molecular weight is 266 g/mol. The predicted octanol–water partition coefficient (Wildman–Crippen LogP) is 2.65. The first-order valence-corrected chi connectivity index (χ1v) is 6.86. The first-order valence-electron chi connectivity index (χ1n) is 6.48. The highest BCUT2D eigenvalue weighted by Crippen LogP contribution is 2.30. The SMILES string of the molecule is C=CCC[C@H](c1ccncc1Cl)N1CCNCC1. The van der Waals surface area contributed by atoms with Gasteiger partial charge in [-0.3, -0.25) is 9.88 Å². The van der Waals surface area contributed by atoms with Gasteiger partial charge in [0.25, 0.3) is 0 Å². The molecule has 1 aliphatic rings. The highest BCUT2D eigenvalue weighted by Gasteiger charge is 2.23. The fourth-order valence-electron chi connectivity index (χ4n) is 2.46. The molecule has 0 unspecified atom stereocenters. The van der Waals surface area contributed by atoms with Crippen LogP contribution in [-0.4, -0.2) is 36.1 Å². The van der Waals surface area contributed by atoms with Gasteiger partial charge in [-0.05, 0) is 24.5 Å². The quantitative estimate of drug-likeness (QED) is 0.830. The van der Waals surface area contributed by atoms with Crippen LogP contribution >= 0.6 is 11.6 Å². The van der Waals surface area contributed by atoms with E-state index >= 15 is 0 Å². The molecule has 1 aliphatic heterocycles. The molecule has 0 amide bonds. The highest BCUT2D eigenvalue weighted by molar-refractivity contribution is 6.31. The maximum Gasteiger partial charge on any atom is 0.0637 e. The van der Waals surface area contributed by atoms with Crippen LogP contribution in [0.4, 0.5) is 0 Å². The third-order valence-electron chi connectivity index (χ3n) is 3.40. The van der Waals surface area contributed by atoms with E-state index in [1.807, 2.05) is 18.3 Å². The summed E-state index contributed by atoms with van der Waals surface area (Å²) in [5, 5.41) is 4.15. The third kappa shape index (κ3) is 3.31. The molecule has 1 atom stereocenters. The lowest BCUT2D eigenvalue weighted by molar-refractivity contribution is 0.166. The number of allylic oxidation sites excluding steroid dienone is 1. The Balaban J connectivity index is 2.18. The maximum absolute atomic E-state index is 6.29. The lowest BCUT2D eigenvalue weighted by Gasteiger charge is -2.35. The van der Waals surface area contributed by atoms with Gasteiger partial charge in [0.2, 0.25) is 0 Å². The number of piperazine rings is 1. The zero-order valence-corrected chi connectivity index (χ0v) is 11.4. The second-order valence-electron chi connectivity index (χ2n) is 4.56. The highest BCUT2D eigenvalue weighted by atomic mass is 35.5. The fourth-order valence-corrected chi connectivity index (χ4v) is 2.71. The van der Waals surface area contributed by atoms with Crippen molar-refractivity contribution in [3.05, 3.63) is 41.7 Å². The summed E-state index contributed by atoms with van der Waals surface area (Å²) < 4.78 is 0. The molecular formula is C14H20ClN3. The van der Waals surface area contributed by atoms with Gasteiger partial charge in [0, 0.05) is 44.6 Å².